The first-order valence-corrected chi connectivity index (χ1v) is 7.49. The number of amides is 1. The number of aromatic nitrogens is 2. The molecule has 0 saturated carbocycles. The zero-order valence-corrected chi connectivity index (χ0v) is 13.2. The molecule has 0 spiro atoms. The van der Waals surface area contributed by atoms with Crippen LogP contribution in [0.5, 0.6) is 11.6 Å². The summed E-state index contributed by atoms with van der Waals surface area (Å²) in [6, 6.07) is 15.0. The van der Waals surface area contributed by atoms with Gasteiger partial charge in [-0.3, -0.25) is 4.79 Å². The number of nitrogens with one attached hydrogen (secondary N) is 1. The number of fused-ring (bicyclic) bond motifs is 1. The van der Waals surface area contributed by atoms with Gasteiger partial charge in [-0.05, 0) is 18.2 Å². The molecule has 6 nitrogen and oxygen atoms in total. The molecule has 0 fully saturated rings. The zero-order chi connectivity index (χ0) is 16.8. The Hall–Kier alpha value is -3.15. The third-order valence-electron chi connectivity index (χ3n) is 3.51. The average molecular weight is 323 g/mol. The minimum atomic E-state index is -0.233. The van der Waals surface area contributed by atoms with Gasteiger partial charge in [-0.1, -0.05) is 30.3 Å². The number of methoxy groups -OCH3 is 1. The second kappa shape index (κ2) is 7.41. The Balaban J connectivity index is 1.59. The summed E-state index contributed by atoms with van der Waals surface area (Å²) < 4.78 is 10.8. The molecular weight excluding hydrogens is 306 g/mol. The first-order chi connectivity index (χ1) is 11.8. The Kier molecular flexibility index (Phi) is 4.86. The van der Waals surface area contributed by atoms with E-state index in [-0.39, 0.29) is 12.5 Å². The van der Waals surface area contributed by atoms with Crippen LogP contribution in [0.2, 0.25) is 0 Å². The molecular formula is C18H17N3O3. The number of carbonyl (C=O) groups excluding carboxylic acids is 1. The van der Waals surface area contributed by atoms with Crippen LogP contribution in [0, 0.1) is 0 Å². The van der Waals surface area contributed by atoms with Crippen LogP contribution in [0.15, 0.2) is 54.9 Å². The molecule has 0 atom stereocenters. The minimum Gasteiger partial charge on any atom is -0.496 e. The van der Waals surface area contributed by atoms with E-state index in [4.69, 9.17) is 9.47 Å². The van der Waals surface area contributed by atoms with E-state index in [9.17, 15) is 4.79 Å². The highest BCUT2D eigenvalue weighted by atomic mass is 16.5. The summed E-state index contributed by atoms with van der Waals surface area (Å²) in [6.45, 7) is 0.257. The Morgan fingerprint density at radius 2 is 1.88 bits per heavy atom. The van der Waals surface area contributed by atoms with Crippen molar-refractivity contribution in [3.63, 3.8) is 0 Å². The van der Waals surface area contributed by atoms with Gasteiger partial charge in [0.25, 0.3) is 5.91 Å². The van der Waals surface area contributed by atoms with Gasteiger partial charge in [-0.2, -0.15) is 0 Å². The van der Waals surface area contributed by atoms with Crippen LogP contribution in [0.3, 0.4) is 0 Å². The van der Waals surface area contributed by atoms with Crippen molar-refractivity contribution in [2.24, 2.45) is 0 Å². The van der Waals surface area contributed by atoms with E-state index in [0.717, 1.165) is 22.2 Å². The summed E-state index contributed by atoms with van der Waals surface area (Å²) in [5.41, 5.74) is 1.68. The second-order valence-corrected chi connectivity index (χ2v) is 5.07. The largest absolute Gasteiger partial charge is 0.496 e. The summed E-state index contributed by atoms with van der Waals surface area (Å²) in [5.74, 6) is 0.900. The highest BCUT2D eigenvalue weighted by Crippen LogP contribution is 2.20. The molecule has 3 aromatic rings. The van der Waals surface area contributed by atoms with Gasteiger partial charge >= 0.3 is 0 Å². The Bertz CT molecular complexity index is 846. The highest BCUT2D eigenvalue weighted by Gasteiger charge is 2.08. The van der Waals surface area contributed by atoms with Crippen LogP contribution < -0.4 is 14.8 Å². The number of rotatable bonds is 6. The molecule has 24 heavy (non-hydrogen) atoms. The fourth-order valence-electron chi connectivity index (χ4n) is 2.32. The normalized spacial score (nSPS) is 10.4. The summed E-state index contributed by atoms with van der Waals surface area (Å²) in [6.07, 6.45) is 1.42. The van der Waals surface area contributed by atoms with Crippen LogP contribution >= 0.6 is 0 Å². The highest BCUT2D eigenvalue weighted by molar-refractivity contribution is 5.84. The Labute approximate surface area is 139 Å². The minimum absolute atomic E-state index is 0.115. The lowest BCUT2D eigenvalue weighted by Gasteiger charge is -2.10. The Morgan fingerprint density at radius 3 is 2.75 bits per heavy atom. The fraction of sp³-hybridized carbons (Fsp3) is 0.167. The molecule has 1 heterocycles. The molecule has 6 heteroatoms. The van der Waals surface area contributed by atoms with E-state index in [2.05, 4.69) is 15.3 Å². The van der Waals surface area contributed by atoms with E-state index in [1.807, 2.05) is 48.5 Å². The standard InChI is InChI=1S/C18H17N3O3/c1-23-16-9-5-2-6-13(16)10-19-17(22)11-24-18-14-7-3-4-8-15(14)20-12-21-18/h2-9,12H,10-11H2,1H3,(H,19,22). The summed E-state index contributed by atoms with van der Waals surface area (Å²) >= 11 is 0. The van der Waals surface area contributed by atoms with Gasteiger partial charge in [0.2, 0.25) is 5.88 Å². The first kappa shape index (κ1) is 15.7. The molecule has 1 aromatic heterocycles. The maximum absolute atomic E-state index is 12.0. The predicted octanol–water partition coefficient (Wildman–Crippen LogP) is 2.33. The van der Waals surface area contributed by atoms with Gasteiger partial charge < -0.3 is 14.8 Å². The molecule has 0 aliphatic carbocycles. The first-order valence-electron chi connectivity index (χ1n) is 7.49. The molecule has 1 amide bonds. The maximum atomic E-state index is 12.0. The average Bonchev–Trinajstić information content (AvgIpc) is 2.64. The van der Waals surface area contributed by atoms with Crippen molar-refractivity contribution in [3.8, 4) is 11.6 Å². The van der Waals surface area contributed by atoms with Crippen molar-refractivity contribution in [1.82, 2.24) is 15.3 Å². The molecule has 0 saturated heterocycles. The number of benzene rings is 2. The molecule has 0 unspecified atom stereocenters. The molecule has 2 aromatic carbocycles. The predicted molar refractivity (Wildman–Crippen MR) is 89.9 cm³/mol. The summed E-state index contributed by atoms with van der Waals surface area (Å²) in [4.78, 5) is 20.3. The number of carbonyl (C=O) groups is 1. The molecule has 0 bridgehead atoms. The second-order valence-electron chi connectivity index (χ2n) is 5.07. The fourth-order valence-corrected chi connectivity index (χ4v) is 2.32. The van der Waals surface area contributed by atoms with E-state index < -0.39 is 0 Å². The lowest BCUT2D eigenvalue weighted by molar-refractivity contribution is -0.123. The molecule has 1 N–H and O–H groups in total. The van der Waals surface area contributed by atoms with Crippen molar-refractivity contribution in [1.29, 1.82) is 0 Å². The van der Waals surface area contributed by atoms with E-state index in [0.29, 0.717) is 12.4 Å². The van der Waals surface area contributed by atoms with Crippen LogP contribution in [-0.4, -0.2) is 29.6 Å². The molecule has 3 rings (SSSR count). The Morgan fingerprint density at radius 1 is 1.08 bits per heavy atom. The van der Waals surface area contributed by atoms with Gasteiger partial charge in [0, 0.05) is 12.1 Å². The zero-order valence-electron chi connectivity index (χ0n) is 13.2. The van der Waals surface area contributed by atoms with Gasteiger partial charge in [-0.25, -0.2) is 9.97 Å². The summed E-state index contributed by atoms with van der Waals surface area (Å²) in [7, 11) is 1.60. The van der Waals surface area contributed by atoms with Crippen LogP contribution in [0.25, 0.3) is 10.9 Å². The smallest absolute Gasteiger partial charge is 0.258 e. The van der Waals surface area contributed by atoms with Crippen molar-refractivity contribution in [3.05, 3.63) is 60.4 Å². The monoisotopic (exact) mass is 323 g/mol. The van der Waals surface area contributed by atoms with Gasteiger partial charge in [0.1, 0.15) is 12.1 Å². The number of para-hydroxylation sites is 2. The lowest BCUT2D eigenvalue weighted by Crippen LogP contribution is -2.28. The topological polar surface area (TPSA) is 73.3 Å². The third kappa shape index (κ3) is 3.60. The lowest BCUT2D eigenvalue weighted by atomic mass is 10.2. The number of nitrogens with zero attached hydrogens (tertiary/aromatic N) is 2. The number of hydrogen-bond donors (Lipinski definition) is 1. The van der Waals surface area contributed by atoms with Crippen molar-refractivity contribution in [2.75, 3.05) is 13.7 Å². The van der Waals surface area contributed by atoms with Crippen molar-refractivity contribution >= 4 is 16.8 Å². The van der Waals surface area contributed by atoms with Crippen molar-refractivity contribution < 1.29 is 14.3 Å². The third-order valence-corrected chi connectivity index (χ3v) is 3.51. The molecule has 0 aliphatic rings. The van der Waals surface area contributed by atoms with E-state index >= 15 is 0 Å². The van der Waals surface area contributed by atoms with Crippen LogP contribution in [0.1, 0.15) is 5.56 Å². The van der Waals surface area contributed by atoms with Gasteiger partial charge in [0.05, 0.1) is 18.0 Å². The molecule has 122 valence electrons. The molecule has 0 radical (unpaired) electrons. The van der Waals surface area contributed by atoms with Crippen LogP contribution in [0.4, 0.5) is 0 Å². The quantitative estimate of drug-likeness (QED) is 0.754. The van der Waals surface area contributed by atoms with Crippen LogP contribution in [-0.2, 0) is 11.3 Å². The molecule has 0 aliphatic heterocycles. The number of hydrogen-bond acceptors (Lipinski definition) is 5. The van der Waals surface area contributed by atoms with E-state index in [1.54, 1.807) is 7.11 Å². The summed E-state index contributed by atoms with van der Waals surface area (Å²) in [5, 5.41) is 3.58. The van der Waals surface area contributed by atoms with Gasteiger partial charge in [-0.15, -0.1) is 0 Å². The van der Waals surface area contributed by atoms with Crippen molar-refractivity contribution in [2.45, 2.75) is 6.54 Å². The maximum Gasteiger partial charge on any atom is 0.258 e. The van der Waals surface area contributed by atoms with E-state index in [1.165, 1.54) is 6.33 Å². The number of ether oxygens (including phenoxy) is 2. The van der Waals surface area contributed by atoms with Gasteiger partial charge in [0.15, 0.2) is 6.61 Å². The SMILES string of the molecule is COc1ccccc1CNC(=O)COc1ncnc2ccccc12.